The highest BCUT2D eigenvalue weighted by atomic mass is 19.1. The Labute approximate surface area is 156 Å². The second-order valence-corrected chi connectivity index (χ2v) is 6.59. The molecule has 4 rings (SSSR count). The lowest BCUT2D eigenvalue weighted by Crippen LogP contribution is -2.33. The van der Waals surface area contributed by atoms with Crippen LogP contribution in [0.2, 0.25) is 0 Å². The number of nitrogens with one attached hydrogen (secondary N) is 1. The van der Waals surface area contributed by atoms with E-state index in [0.29, 0.717) is 25.3 Å². The lowest BCUT2D eigenvalue weighted by atomic mass is 10.1. The molecule has 0 bridgehead atoms. The summed E-state index contributed by atoms with van der Waals surface area (Å²) in [4.78, 5) is 19.0. The van der Waals surface area contributed by atoms with Crippen molar-refractivity contribution >= 4 is 22.5 Å². The molecule has 0 saturated carbocycles. The molecule has 27 heavy (non-hydrogen) atoms. The van der Waals surface area contributed by atoms with Crippen LogP contribution >= 0.6 is 0 Å². The van der Waals surface area contributed by atoms with Crippen molar-refractivity contribution in [3.8, 4) is 5.75 Å². The van der Waals surface area contributed by atoms with Crippen molar-refractivity contribution in [2.24, 2.45) is 0 Å². The number of carbonyl (C=O) groups excluding carboxylic acids is 1. The number of likely N-dealkylation sites (tertiary alicyclic amines) is 1. The normalized spacial score (nSPS) is 16.7. The summed E-state index contributed by atoms with van der Waals surface area (Å²) in [5, 5.41) is 4.28. The Morgan fingerprint density at radius 3 is 2.81 bits per heavy atom. The number of para-hydroxylation sites is 1. The van der Waals surface area contributed by atoms with E-state index in [2.05, 4.69) is 10.3 Å². The zero-order chi connectivity index (χ0) is 18.8. The Hall–Kier alpha value is -3.15. The molecule has 5 nitrogen and oxygen atoms in total. The van der Waals surface area contributed by atoms with Gasteiger partial charge in [-0.2, -0.15) is 0 Å². The van der Waals surface area contributed by atoms with Gasteiger partial charge in [-0.05, 0) is 36.2 Å². The summed E-state index contributed by atoms with van der Waals surface area (Å²) in [5.41, 5.74) is 2.55. The zero-order valence-electron chi connectivity index (χ0n) is 15.0. The maximum atomic E-state index is 13.1. The van der Waals surface area contributed by atoms with E-state index in [9.17, 15) is 9.18 Å². The molecule has 2 aromatic carbocycles. The summed E-state index contributed by atoms with van der Waals surface area (Å²) >= 11 is 0. The summed E-state index contributed by atoms with van der Waals surface area (Å²) in [5.74, 6) is 0.477. The molecule has 1 atom stereocenters. The molecule has 1 unspecified atom stereocenters. The van der Waals surface area contributed by atoms with E-state index < -0.39 is 0 Å². The Bertz CT molecular complexity index is 975. The van der Waals surface area contributed by atoms with Crippen molar-refractivity contribution in [2.45, 2.75) is 19.0 Å². The van der Waals surface area contributed by atoms with E-state index in [-0.39, 0.29) is 17.8 Å². The zero-order valence-corrected chi connectivity index (χ0v) is 15.0. The third kappa shape index (κ3) is 3.43. The molecule has 1 aliphatic rings. The predicted octanol–water partition coefficient (Wildman–Crippen LogP) is 3.60. The fourth-order valence-corrected chi connectivity index (χ4v) is 3.47. The molecule has 6 heteroatoms. The van der Waals surface area contributed by atoms with E-state index >= 15 is 0 Å². The Morgan fingerprint density at radius 1 is 1.22 bits per heavy atom. The van der Waals surface area contributed by atoms with Crippen molar-refractivity contribution in [1.29, 1.82) is 0 Å². The van der Waals surface area contributed by atoms with Crippen LogP contribution in [0.5, 0.6) is 5.75 Å². The largest absolute Gasteiger partial charge is 0.494 e. The lowest BCUT2D eigenvalue weighted by molar-refractivity contribution is -0.128. The minimum Gasteiger partial charge on any atom is -0.494 e. The molecule has 1 aliphatic heterocycles. The number of pyridine rings is 1. The standard InChI is InChI=1S/C21H20FN3O2/c1-27-19-4-2-3-16-17(9-11-23-20(16)19)24-18-10-12-25(21(18)26)13-14-5-7-15(22)8-6-14/h2-9,11,18H,10,12-13H2,1H3,(H,23,24). The summed E-state index contributed by atoms with van der Waals surface area (Å²) < 4.78 is 18.4. The Morgan fingerprint density at radius 2 is 2.04 bits per heavy atom. The highest BCUT2D eigenvalue weighted by Crippen LogP contribution is 2.30. The topological polar surface area (TPSA) is 54.5 Å². The number of aromatic nitrogens is 1. The van der Waals surface area contributed by atoms with Crippen molar-refractivity contribution < 1.29 is 13.9 Å². The summed E-state index contributed by atoms with van der Waals surface area (Å²) in [6.45, 7) is 1.16. The fraction of sp³-hybridized carbons (Fsp3) is 0.238. The van der Waals surface area contributed by atoms with Crippen molar-refractivity contribution in [2.75, 3.05) is 19.0 Å². The van der Waals surface area contributed by atoms with Crippen LogP contribution in [-0.4, -0.2) is 35.5 Å². The summed E-state index contributed by atoms with van der Waals surface area (Å²) in [6, 6.07) is 13.6. The number of amides is 1. The number of benzene rings is 2. The van der Waals surface area contributed by atoms with E-state index in [0.717, 1.165) is 22.2 Å². The lowest BCUT2D eigenvalue weighted by Gasteiger charge is -2.18. The van der Waals surface area contributed by atoms with Gasteiger partial charge in [0.25, 0.3) is 0 Å². The molecule has 1 fully saturated rings. The molecule has 0 aliphatic carbocycles. The van der Waals surface area contributed by atoms with Crippen LogP contribution in [0.25, 0.3) is 10.9 Å². The minimum atomic E-state index is -0.290. The molecule has 1 aromatic heterocycles. The van der Waals surface area contributed by atoms with E-state index in [1.54, 1.807) is 30.3 Å². The third-order valence-electron chi connectivity index (χ3n) is 4.87. The number of carbonyl (C=O) groups is 1. The van der Waals surface area contributed by atoms with Crippen LogP contribution in [-0.2, 0) is 11.3 Å². The maximum absolute atomic E-state index is 13.1. The van der Waals surface area contributed by atoms with E-state index in [1.165, 1.54) is 12.1 Å². The number of methoxy groups -OCH3 is 1. The van der Waals surface area contributed by atoms with E-state index in [4.69, 9.17) is 4.74 Å². The number of ether oxygens (including phenoxy) is 1. The molecule has 1 amide bonds. The van der Waals surface area contributed by atoms with Crippen LogP contribution in [0.4, 0.5) is 10.1 Å². The molecular formula is C21H20FN3O2. The average molecular weight is 365 g/mol. The van der Waals surface area contributed by atoms with Gasteiger partial charge in [-0.15, -0.1) is 0 Å². The van der Waals surface area contributed by atoms with Gasteiger partial charge in [-0.3, -0.25) is 9.78 Å². The predicted molar refractivity (Wildman–Crippen MR) is 102 cm³/mol. The first-order chi connectivity index (χ1) is 13.2. The van der Waals surface area contributed by atoms with Crippen molar-refractivity contribution in [3.05, 3.63) is 66.1 Å². The number of fused-ring (bicyclic) bond motifs is 1. The van der Waals surface area contributed by atoms with Gasteiger partial charge in [0.2, 0.25) is 5.91 Å². The SMILES string of the molecule is COc1cccc2c(NC3CCN(Cc4ccc(F)cc4)C3=O)ccnc12. The van der Waals surface area contributed by atoms with Crippen LogP contribution in [0.1, 0.15) is 12.0 Å². The quantitative estimate of drug-likeness (QED) is 0.751. The smallest absolute Gasteiger partial charge is 0.245 e. The van der Waals surface area contributed by atoms with Gasteiger partial charge in [0, 0.05) is 30.4 Å². The molecule has 138 valence electrons. The number of hydrogen-bond donors (Lipinski definition) is 1. The molecular weight excluding hydrogens is 345 g/mol. The first-order valence-electron chi connectivity index (χ1n) is 8.87. The van der Waals surface area contributed by atoms with Gasteiger partial charge in [0.05, 0.1) is 7.11 Å². The number of nitrogens with zero attached hydrogens (tertiary/aromatic N) is 2. The second-order valence-electron chi connectivity index (χ2n) is 6.59. The van der Waals surface area contributed by atoms with Crippen LogP contribution in [0.3, 0.4) is 0 Å². The van der Waals surface area contributed by atoms with Crippen LogP contribution in [0, 0.1) is 5.82 Å². The van der Waals surface area contributed by atoms with Crippen molar-refractivity contribution in [3.63, 3.8) is 0 Å². The van der Waals surface area contributed by atoms with Gasteiger partial charge in [0.15, 0.2) is 0 Å². The molecule has 1 saturated heterocycles. The minimum absolute atomic E-state index is 0.0483. The number of anilines is 1. The highest BCUT2D eigenvalue weighted by molar-refractivity contribution is 5.97. The summed E-state index contributed by atoms with van der Waals surface area (Å²) in [6.07, 6.45) is 2.43. The monoisotopic (exact) mass is 365 g/mol. The molecule has 0 spiro atoms. The van der Waals surface area contributed by atoms with Crippen LogP contribution in [0.15, 0.2) is 54.7 Å². The molecule has 0 radical (unpaired) electrons. The average Bonchev–Trinajstić information content (AvgIpc) is 3.03. The molecule has 1 N–H and O–H groups in total. The van der Waals surface area contributed by atoms with E-state index in [1.807, 2.05) is 24.3 Å². The van der Waals surface area contributed by atoms with Gasteiger partial charge < -0.3 is 15.0 Å². The molecule has 3 aromatic rings. The first-order valence-corrected chi connectivity index (χ1v) is 8.87. The van der Waals surface area contributed by atoms with Gasteiger partial charge >= 0.3 is 0 Å². The van der Waals surface area contributed by atoms with Crippen molar-refractivity contribution in [1.82, 2.24) is 9.88 Å². The van der Waals surface area contributed by atoms with Gasteiger partial charge in [0.1, 0.15) is 23.1 Å². The Balaban J connectivity index is 1.51. The Kier molecular flexibility index (Phi) is 4.62. The van der Waals surface area contributed by atoms with Crippen LogP contribution < -0.4 is 10.1 Å². The molecule has 2 heterocycles. The van der Waals surface area contributed by atoms with Gasteiger partial charge in [-0.25, -0.2) is 4.39 Å². The number of hydrogen-bond acceptors (Lipinski definition) is 4. The fourth-order valence-electron chi connectivity index (χ4n) is 3.47. The maximum Gasteiger partial charge on any atom is 0.245 e. The highest BCUT2D eigenvalue weighted by Gasteiger charge is 2.31. The third-order valence-corrected chi connectivity index (χ3v) is 4.87. The number of rotatable bonds is 5. The first kappa shape index (κ1) is 17.3. The second kappa shape index (κ2) is 7.23. The number of halogens is 1. The van der Waals surface area contributed by atoms with Gasteiger partial charge in [-0.1, -0.05) is 24.3 Å². The summed E-state index contributed by atoms with van der Waals surface area (Å²) in [7, 11) is 1.62.